The van der Waals surface area contributed by atoms with E-state index in [1.165, 1.54) is 6.42 Å². The minimum atomic E-state index is -0.524. The largest absolute Gasteiger partial charge is 0.508 e. The van der Waals surface area contributed by atoms with E-state index in [1.54, 1.807) is 0 Å². The van der Waals surface area contributed by atoms with Gasteiger partial charge in [0, 0.05) is 5.41 Å². The van der Waals surface area contributed by atoms with Gasteiger partial charge in [0.2, 0.25) is 0 Å². The quantitative estimate of drug-likeness (QED) is 0.613. The molecule has 0 aliphatic carbocycles. The third kappa shape index (κ3) is 2.40. The molecule has 0 amide bonds. The van der Waals surface area contributed by atoms with Gasteiger partial charge in [-0.05, 0) is 6.42 Å². The van der Waals surface area contributed by atoms with Crippen molar-refractivity contribution >= 4 is 6.16 Å². The summed E-state index contributed by atoms with van der Waals surface area (Å²) < 4.78 is 9.66. The van der Waals surface area contributed by atoms with Crippen molar-refractivity contribution in [2.24, 2.45) is 5.41 Å². The van der Waals surface area contributed by atoms with Crippen LogP contribution in [0, 0.1) is 5.41 Å². The van der Waals surface area contributed by atoms with Crippen molar-refractivity contribution in [2.45, 2.75) is 33.1 Å². The first kappa shape index (κ1) is 9.36. The molecule has 0 atom stereocenters. The Hall–Kier alpha value is -0.730. The van der Waals surface area contributed by atoms with E-state index in [1.807, 2.05) is 0 Å². The van der Waals surface area contributed by atoms with Crippen molar-refractivity contribution in [3.05, 3.63) is 0 Å². The van der Waals surface area contributed by atoms with Crippen molar-refractivity contribution in [1.82, 2.24) is 0 Å². The SMILES string of the molecule is CCCCC1(C)COC(=O)OC1. The minimum Gasteiger partial charge on any atom is -0.434 e. The second-order valence-corrected chi connectivity index (χ2v) is 3.74. The van der Waals surface area contributed by atoms with Crippen molar-refractivity contribution in [1.29, 1.82) is 0 Å². The number of ether oxygens (including phenoxy) is 2. The molecule has 0 N–H and O–H groups in total. The molecular weight excluding hydrogens is 156 g/mol. The molecule has 3 heteroatoms. The van der Waals surface area contributed by atoms with Crippen LogP contribution in [0.2, 0.25) is 0 Å². The van der Waals surface area contributed by atoms with Crippen LogP contribution in [0.3, 0.4) is 0 Å². The highest BCUT2D eigenvalue weighted by Crippen LogP contribution is 2.28. The highest BCUT2D eigenvalue weighted by molar-refractivity contribution is 5.60. The molecule has 3 nitrogen and oxygen atoms in total. The highest BCUT2D eigenvalue weighted by atomic mass is 16.7. The maximum Gasteiger partial charge on any atom is 0.508 e. The number of carbonyl (C=O) groups is 1. The molecular formula is C9H16O3. The first-order valence-corrected chi connectivity index (χ1v) is 4.46. The summed E-state index contributed by atoms with van der Waals surface area (Å²) in [7, 11) is 0. The van der Waals surface area contributed by atoms with Gasteiger partial charge in [0.1, 0.15) is 13.2 Å². The maximum atomic E-state index is 10.6. The first-order chi connectivity index (χ1) is 5.66. The summed E-state index contributed by atoms with van der Waals surface area (Å²) in [5.41, 5.74) is 0.0456. The maximum absolute atomic E-state index is 10.6. The van der Waals surface area contributed by atoms with Gasteiger partial charge in [-0.25, -0.2) is 4.79 Å². The Morgan fingerprint density at radius 1 is 1.42 bits per heavy atom. The van der Waals surface area contributed by atoms with Crippen LogP contribution >= 0.6 is 0 Å². The molecule has 0 radical (unpaired) electrons. The fourth-order valence-corrected chi connectivity index (χ4v) is 1.30. The van der Waals surface area contributed by atoms with Gasteiger partial charge in [0.05, 0.1) is 0 Å². The van der Waals surface area contributed by atoms with E-state index in [9.17, 15) is 4.79 Å². The summed E-state index contributed by atoms with van der Waals surface area (Å²) >= 11 is 0. The highest BCUT2D eigenvalue weighted by Gasteiger charge is 2.32. The molecule has 70 valence electrons. The van der Waals surface area contributed by atoms with Crippen LogP contribution in [0.15, 0.2) is 0 Å². The Morgan fingerprint density at radius 3 is 2.50 bits per heavy atom. The zero-order valence-corrected chi connectivity index (χ0v) is 7.76. The van der Waals surface area contributed by atoms with Crippen LogP contribution in [-0.2, 0) is 9.47 Å². The van der Waals surface area contributed by atoms with Crippen molar-refractivity contribution in [3.63, 3.8) is 0 Å². The van der Waals surface area contributed by atoms with Gasteiger partial charge >= 0.3 is 6.16 Å². The number of hydrogen-bond acceptors (Lipinski definition) is 3. The summed E-state index contributed by atoms with van der Waals surface area (Å²) in [5.74, 6) is 0. The van der Waals surface area contributed by atoms with Crippen molar-refractivity contribution in [3.8, 4) is 0 Å². The van der Waals surface area contributed by atoms with E-state index < -0.39 is 6.16 Å². The van der Waals surface area contributed by atoms with Gasteiger partial charge < -0.3 is 9.47 Å². The summed E-state index contributed by atoms with van der Waals surface area (Å²) in [6, 6.07) is 0. The zero-order chi connectivity index (χ0) is 9.03. The normalized spacial score (nSPS) is 21.3. The smallest absolute Gasteiger partial charge is 0.434 e. The average Bonchev–Trinajstić information content (AvgIpc) is 2.08. The third-order valence-corrected chi connectivity index (χ3v) is 2.21. The number of rotatable bonds is 3. The van der Waals surface area contributed by atoms with Crippen LogP contribution in [0.1, 0.15) is 33.1 Å². The lowest BCUT2D eigenvalue weighted by Gasteiger charge is -2.31. The summed E-state index contributed by atoms with van der Waals surface area (Å²) in [6.07, 6.45) is 2.88. The monoisotopic (exact) mass is 172 g/mol. The molecule has 1 heterocycles. The number of unbranched alkanes of at least 4 members (excludes halogenated alkanes) is 1. The van der Waals surface area contributed by atoms with Crippen LogP contribution in [0.5, 0.6) is 0 Å². The molecule has 1 aliphatic heterocycles. The lowest BCUT2D eigenvalue weighted by atomic mass is 9.86. The fraction of sp³-hybridized carbons (Fsp3) is 0.889. The predicted molar refractivity (Wildman–Crippen MR) is 44.9 cm³/mol. The molecule has 0 spiro atoms. The molecule has 0 saturated carbocycles. The lowest BCUT2D eigenvalue weighted by molar-refractivity contribution is -0.0559. The van der Waals surface area contributed by atoms with Crippen LogP contribution in [-0.4, -0.2) is 19.4 Å². The molecule has 0 aromatic heterocycles. The number of hydrogen-bond donors (Lipinski definition) is 0. The van der Waals surface area contributed by atoms with E-state index in [2.05, 4.69) is 13.8 Å². The summed E-state index contributed by atoms with van der Waals surface area (Å²) in [5, 5.41) is 0. The van der Waals surface area contributed by atoms with E-state index in [0.717, 1.165) is 12.8 Å². The van der Waals surface area contributed by atoms with E-state index in [4.69, 9.17) is 9.47 Å². The van der Waals surface area contributed by atoms with Gasteiger partial charge in [-0.2, -0.15) is 0 Å². The minimum absolute atomic E-state index is 0.0456. The Balaban J connectivity index is 2.34. The Kier molecular flexibility index (Phi) is 2.95. The average molecular weight is 172 g/mol. The van der Waals surface area contributed by atoms with Crippen molar-refractivity contribution < 1.29 is 14.3 Å². The topological polar surface area (TPSA) is 35.5 Å². The molecule has 0 aromatic rings. The van der Waals surface area contributed by atoms with Gasteiger partial charge in [-0.1, -0.05) is 26.7 Å². The molecule has 1 rings (SSSR count). The van der Waals surface area contributed by atoms with Gasteiger partial charge in [-0.3, -0.25) is 0 Å². The van der Waals surface area contributed by atoms with E-state index in [-0.39, 0.29) is 5.41 Å². The molecule has 1 aliphatic rings. The van der Waals surface area contributed by atoms with Crippen LogP contribution in [0.4, 0.5) is 4.79 Å². The fourth-order valence-electron chi connectivity index (χ4n) is 1.30. The van der Waals surface area contributed by atoms with E-state index >= 15 is 0 Å². The van der Waals surface area contributed by atoms with Gasteiger partial charge in [-0.15, -0.1) is 0 Å². The number of cyclic esters (lactones) is 2. The summed E-state index contributed by atoms with van der Waals surface area (Å²) in [6.45, 7) is 5.26. The number of carbonyl (C=O) groups excluding carboxylic acids is 1. The first-order valence-electron chi connectivity index (χ1n) is 4.46. The molecule has 1 fully saturated rings. The molecule has 12 heavy (non-hydrogen) atoms. The lowest BCUT2D eigenvalue weighted by Crippen LogP contribution is -2.36. The summed E-state index contributed by atoms with van der Waals surface area (Å²) in [4.78, 5) is 10.6. The van der Waals surface area contributed by atoms with Crippen LogP contribution in [0.25, 0.3) is 0 Å². The van der Waals surface area contributed by atoms with Gasteiger partial charge in [0.15, 0.2) is 0 Å². The molecule has 0 bridgehead atoms. The van der Waals surface area contributed by atoms with Crippen LogP contribution < -0.4 is 0 Å². The zero-order valence-electron chi connectivity index (χ0n) is 7.76. The second kappa shape index (κ2) is 3.78. The predicted octanol–water partition coefficient (Wildman–Crippen LogP) is 2.35. The van der Waals surface area contributed by atoms with E-state index in [0.29, 0.717) is 13.2 Å². The molecule has 0 unspecified atom stereocenters. The second-order valence-electron chi connectivity index (χ2n) is 3.74. The third-order valence-electron chi connectivity index (χ3n) is 2.21. The Bertz CT molecular complexity index is 155. The van der Waals surface area contributed by atoms with Gasteiger partial charge in [0.25, 0.3) is 0 Å². The Labute approximate surface area is 73.0 Å². The molecule has 0 aromatic carbocycles. The molecule has 1 saturated heterocycles. The Morgan fingerprint density at radius 2 is 2.00 bits per heavy atom. The van der Waals surface area contributed by atoms with Crippen molar-refractivity contribution in [2.75, 3.05) is 13.2 Å². The standard InChI is InChI=1S/C9H16O3/c1-3-4-5-9(2)6-11-8(10)12-7-9/h3-7H2,1-2H3.